The molecule has 0 radical (unpaired) electrons. The molecule has 0 fully saturated rings. The number of halogens is 2. The molecule has 1 N–H and O–H groups in total. The van der Waals surface area contributed by atoms with Gasteiger partial charge in [-0.05, 0) is 49.9 Å². The molecule has 0 atom stereocenters. The number of aromatic nitrogens is 2. The Balaban J connectivity index is 1.42. The summed E-state index contributed by atoms with van der Waals surface area (Å²) in [5.74, 6) is -1.72. The summed E-state index contributed by atoms with van der Waals surface area (Å²) in [5.41, 5.74) is 5.33. The fourth-order valence-electron chi connectivity index (χ4n) is 3.51. The molecule has 4 rings (SSSR count). The topological polar surface area (TPSA) is 56.2 Å². The minimum Gasteiger partial charge on any atom is -0.486 e. The largest absolute Gasteiger partial charge is 0.486 e. The highest BCUT2D eigenvalue weighted by atomic mass is 32.1. The van der Waals surface area contributed by atoms with Crippen LogP contribution in [-0.2, 0) is 13.2 Å². The first kappa shape index (κ1) is 22.7. The van der Waals surface area contributed by atoms with E-state index in [4.69, 9.17) is 4.74 Å². The summed E-state index contributed by atoms with van der Waals surface area (Å²) < 4.78 is 34.0. The van der Waals surface area contributed by atoms with Gasteiger partial charge in [0.2, 0.25) is 0 Å². The van der Waals surface area contributed by atoms with Gasteiger partial charge in [-0.1, -0.05) is 29.8 Å². The minimum absolute atomic E-state index is 0.0409. The second kappa shape index (κ2) is 9.54. The fraction of sp³-hybridized carbons (Fsp3) is 0.200. The Morgan fingerprint density at radius 1 is 1.09 bits per heavy atom. The van der Waals surface area contributed by atoms with Crippen molar-refractivity contribution in [1.29, 1.82) is 0 Å². The highest BCUT2D eigenvalue weighted by molar-refractivity contribution is 7.12. The van der Waals surface area contributed by atoms with Crippen LogP contribution in [-0.4, -0.2) is 15.7 Å². The summed E-state index contributed by atoms with van der Waals surface area (Å²) >= 11 is 1.27. The van der Waals surface area contributed by atoms with Crippen LogP contribution in [0, 0.1) is 32.4 Å². The van der Waals surface area contributed by atoms with E-state index < -0.39 is 11.6 Å². The van der Waals surface area contributed by atoms with Crippen LogP contribution in [0.1, 0.15) is 37.7 Å². The molecular weight excluding hydrogens is 444 g/mol. The molecule has 170 valence electrons. The first-order chi connectivity index (χ1) is 15.8. The van der Waals surface area contributed by atoms with Crippen LogP contribution >= 0.6 is 11.3 Å². The van der Waals surface area contributed by atoms with E-state index >= 15 is 0 Å². The van der Waals surface area contributed by atoms with Gasteiger partial charge in [-0.3, -0.25) is 9.48 Å². The lowest BCUT2D eigenvalue weighted by Gasteiger charge is -2.07. The predicted octanol–water partition coefficient (Wildman–Crippen LogP) is 6.03. The van der Waals surface area contributed by atoms with Gasteiger partial charge >= 0.3 is 0 Å². The zero-order chi connectivity index (χ0) is 23.5. The Morgan fingerprint density at radius 2 is 1.91 bits per heavy atom. The fourth-order valence-corrected chi connectivity index (χ4v) is 4.31. The van der Waals surface area contributed by atoms with Crippen molar-refractivity contribution in [2.45, 2.75) is 33.9 Å². The number of hydrogen-bond acceptors (Lipinski definition) is 4. The van der Waals surface area contributed by atoms with Crippen LogP contribution in [0.15, 0.2) is 53.9 Å². The molecule has 0 aliphatic rings. The van der Waals surface area contributed by atoms with Gasteiger partial charge in [0.1, 0.15) is 12.4 Å². The number of carbonyl (C=O) groups excluding carboxylic acids is 1. The number of carbonyl (C=O) groups is 1. The Bertz CT molecular complexity index is 1310. The van der Waals surface area contributed by atoms with Crippen molar-refractivity contribution in [3.8, 4) is 5.75 Å². The molecule has 0 saturated heterocycles. The molecule has 0 spiro atoms. The highest BCUT2D eigenvalue weighted by Crippen LogP contribution is 2.24. The number of anilines is 1. The normalized spacial score (nSPS) is 10.9. The standard InChI is InChI=1S/C25H23F2N3O2S/c1-15-5-4-6-18(9-15)12-30-17(3)24(16(2)29-30)28-25(31)23-10-19(14-33-23)13-32-22-8-7-20(26)11-21(22)27/h4-11,14H,12-13H2,1-3H3,(H,28,31). The molecule has 2 heterocycles. The second-order valence-corrected chi connectivity index (χ2v) is 8.74. The van der Waals surface area contributed by atoms with Gasteiger partial charge in [-0.2, -0.15) is 5.10 Å². The molecule has 5 nitrogen and oxygen atoms in total. The molecule has 33 heavy (non-hydrogen) atoms. The van der Waals surface area contributed by atoms with Crippen molar-refractivity contribution in [2.75, 3.05) is 5.32 Å². The van der Waals surface area contributed by atoms with Crippen LogP contribution in [0.3, 0.4) is 0 Å². The maximum Gasteiger partial charge on any atom is 0.265 e. The van der Waals surface area contributed by atoms with Crippen molar-refractivity contribution in [2.24, 2.45) is 0 Å². The lowest BCUT2D eigenvalue weighted by molar-refractivity contribution is 0.103. The van der Waals surface area contributed by atoms with Crippen molar-refractivity contribution in [3.63, 3.8) is 0 Å². The maximum absolute atomic E-state index is 13.7. The number of ether oxygens (including phenoxy) is 1. The van der Waals surface area contributed by atoms with Gasteiger partial charge in [0.15, 0.2) is 11.6 Å². The van der Waals surface area contributed by atoms with Crippen molar-refractivity contribution in [3.05, 3.63) is 98.5 Å². The van der Waals surface area contributed by atoms with E-state index in [9.17, 15) is 13.6 Å². The van der Waals surface area contributed by atoms with E-state index in [1.807, 2.05) is 37.6 Å². The van der Waals surface area contributed by atoms with E-state index in [2.05, 4.69) is 22.5 Å². The molecule has 8 heteroatoms. The summed E-state index contributed by atoms with van der Waals surface area (Å²) in [7, 11) is 0. The molecule has 4 aromatic rings. The number of amides is 1. The monoisotopic (exact) mass is 467 g/mol. The number of nitrogens with one attached hydrogen (secondary N) is 1. The van der Waals surface area contributed by atoms with Gasteiger partial charge in [0.05, 0.1) is 28.5 Å². The van der Waals surface area contributed by atoms with Gasteiger partial charge < -0.3 is 10.1 Å². The first-order valence-corrected chi connectivity index (χ1v) is 11.2. The minimum atomic E-state index is -0.767. The molecule has 0 aliphatic heterocycles. The lowest BCUT2D eigenvalue weighted by Crippen LogP contribution is -2.12. The summed E-state index contributed by atoms with van der Waals surface area (Å²) in [4.78, 5) is 13.3. The summed E-state index contributed by atoms with van der Waals surface area (Å²) in [6, 6.07) is 13.1. The summed E-state index contributed by atoms with van der Waals surface area (Å²) in [6.07, 6.45) is 0. The molecule has 0 saturated carbocycles. The number of aryl methyl sites for hydroxylation is 2. The van der Waals surface area contributed by atoms with Crippen LogP contribution in [0.2, 0.25) is 0 Å². The van der Waals surface area contributed by atoms with Crippen molar-refractivity contribution < 1.29 is 18.3 Å². The van der Waals surface area contributed by atoms with Crippen LogP contribution in [0.25, 0.3) is 0 Å². The third-order valence-corrected chi connectivity index (χ3v) is 6.18. The van der Waals surface area contributed by atoms with Crippen LogP contribution in [0.5, 0.6) is 5.75 Å². The molecule has 0 aliphatic carbocycles. The molecular formula is C25H23F2N3O2S. The van der Waals surface area contributed by atoms with E-state index in [1.165, 1.54) is 23.0 Å². The number of nitrogens with zero attached hydrogens (tertiary/aromatic N) is 2. The van der Waals surface area contributed by atoms with Crippen LogP contribution < -0.4 is 10.1 Å². The lowest BCUT2D eigenvalue weighted by atomic mass is 10.1. The third-order valence-electron chi connectivity index (χ3n) is 5.20. The smallest absolute Gasteiger partial charge is 0.265 e. The summed E-state index contributed by atoms with van der Waals surface area (Å²) in [6.45, 7) is 6.52. The average Bonchev–Trinajstić information content (AvgIpc) is 3.34. The molecule has 2 aromatic heterocycles. The average molecular weight is 468 g/mol. The predicted molar refractivity (Wildman–Crippen MR) is 125 cm³/mol. The van der Waals surface area contributed by atoms with Crippen LogP contribution in [0.4, 0.5) is 14.5 Å². The number of hydrogen-bond donors (Lipinski definition) is 1. The second-order valence-electron chi connectivity index (χ2n) is 7.83. The molecule has 1 amide bonds. The molecule has 0 bridgehead atoms. The zero-order valence-corrected chi connectivity index (χ0v) is 19.3. The van der Waals surface area contributed by atoms with Gasteiger partial charge in [0.25, 0.3) is 5.91 Å². The number of thiophene rings is 1. The van der Waals surface area contributed by atoms with Gasteiger partial charge in [-0.15, -0.1) is 11.3 Å². The van der Waals surface area contributed by atoms with Gasteiger partial charge in [0, 0.05) is 11.6 Å². The van der Waals surface area contributed by atoms with E-state index in [-0.39, 0.29) is 18.3 Å². The third kappa shape index (κ3) is 5.28. The quantitative estimate of drug-likeness (QED) is 0.361. The molecule has 0 unspecified atom stereocenters. The van der Waals surface area contributed by atoms with E-state index in [0.29, 0.717) is 17.1 Å². The van der Waals surface area contributed by atoms with Crippen molar-refractivity contribution >= 4 is 22.9 Å². The molecule has 2 aromatic carbocycles. The number of rotatable bonds is 7. The Morgan fingerprint density at radius 3 is 2.67 bits per heavy atom. The Kier molecular flexibility index (Phi) is 6.55. The van der Waals surface area contributed by atoms with Gasteiger partial charge in [-0.25, -0.2) is 8.78 Å². The van der Waals surface area contributed by atoms with E-state index in [0.717, 1.165) is 34.6 Å². The summed E-state index contributed by atoms with van der Waals surface area (Å²) in [5, 5.41) is 9.32. The SMILES string of the molecule is Cc1cccc(Cn2nc(C)c(NC(=O)c3cc(COc4ccc(F)cc4F)cs3)c2C)c1. The highest BCUT2D eigenvalue weighted by Gasteiger charge is 2.17. The Labute approximate surface area is 194 Å². The van der Waals surface area contributed by atoms with Crippen molar-refractivity contribution in [1.82, 2.24) is 9.78 Å². The maximum atomic E-state index is 13.7. The number of benzene rings is 2. The first-order valence-electron chi connectivity index (χ1n) is 10.4. The van der Waals surface area contributed by atoms with E-state index in [1.54, 1.807) is 11.4 Å². The zero-order valence-electron chi connectivity index (χ0n) is 18.5. The Hall–Kier alpha value is -3.52.